The molecule has 1 rings (SSSR count). The molecule has 4 heteroatoms. The lowest BCUT2D eigenvalue weighted by Gasteiger charge is -2.30. The Labute approximate surface area is 108 Å². The highest BCUT2D eigenvalue weighted by atomic mass is 16.4. The van der Waals surface area contributed by atoms with Gasteiger partial charge in [0.15, 0.2) is 0 Å². The van der Waals surface area contributed by atoms with Crippen LogP contribution in [0.15, 0.2) is 24.3 Å². The topological polar surface area (TPSA) is 69.6 Å². The summed E-state index contributed by atoms with van der Waals surface area (Å²) in [4.78, 5) is 11.3. The van der Waals surface area contributed by atoms with Gasteiger partial charge < -0.3 is 15.5 Å². The molecule has 0 saturated heterocycles. The number of para-hydroxylation sites is 1. The van der Waals surface area contributed by atoms with E-state index in [1.807, 2.05) is 32.0 Å². The number of nitrogens with one attached hydrogen (secondary N) is 1. The summed E-state index contributed by atoms with van der Waals surface area (Å²) in [5.41, 5.74) is -0.0252. The van der Waals surface area contributed by atoms with Gasteiger partial charge in [-0.3, -0.25) is 4.79 Å². The zero-order chi connectivity index (χ0) is 14.0. The van der Waals surface area contributed by atoms with Crippen molar-refractivity contribution in [2.24, 2.45) is 0 Å². The van der Waals surface area contributed by atoms with E-state index in [9.17, 15) is 15.0 Å². The first-order chi connectivity index (χ1) is 8.20. The number of aliphatic hydroxyl groups is 1. The molecule has 0 heterocycles. The van der Waals surface area contributed by atoms with Crippen LogP contribution in [0.4, 0.5) is 5.69 Å². The fourth-order valence-electron chi connectivity index (χ4n) is 1.66. The zero-order valence-corrected chi connectivity index (χ0v) is 11.3. The number of rotatable bonds is 5. The standard InChI is InChI=1S/C14H21NO3/c1-13(2,9-16)15-11-8-6-5-7-10(11)14(3,4)12(17)18/h5-8,15-16H,9H2,1-4H3,(H,17,18). The van der Waals surface area contributed by atoms with Gasteiger partial charge in [-0.05, 0) is 39.3 Å². The summed E-state index contributed by atoms with van der Waals surface area (Å²) in [6.45, 7) is 7.02. The van der Waals surface area contributed by atoms with E-state index in [0.29, 0.717) is 5.56 Å². The molecular weight excluding hydrogens is 230 g/mol. The van der Waals surface area contributed by atoms with Crippen LogP contribution in [0.2, 0.25) is 0 Å². The molecule has 1 aromatic rings. The van der Waals surface area contributed by atoms with E-state index in [4.69, 9.17) is 0 Å². The van der Waals surface area contributed by atoms with Gasteiger partial charge >= 0.3 is 5.97 Å². The van der Waals surface area contributed by atoms with Gasteiger partial charge in [-0.15, -0.1) is 0 Å². The summed E-state index contributed by atoms with van der Waals surface area (Å²) in [5, 5.41) is 21.8. The number of benzene rings is 1. The molecule has 0 aromatic heterocycles. The highest BCUT2D eigenvalue weighted by molar-refractivity contribution is 5.83. The number of carbonyl (C=O) groups is 1. The van der Waals surface area contributed by atoms with Crippen molar-refractivity contribution in [2.45, 2.75) is 38.6 Å². The van der Waals surface area contributed by atoms with Crippen molar-refractivity contribution in [1.29, 1.82) is 0 Å². The molecule has 0 bridgehead atoms. The largest absolute Gasteiger partial charge is 0.481 e. The molecule has 3 N–H and O–H groups in total. The average Bonchev–Trinajstić information content (AvgIpc) is 2.29. The van der Waals surface area contributed by atoms with Crippen molar-refractivity contribution < 1.29 is 15.0 Å². The van der Waals surface area contributed by atoms with Gasteiger partial charge in [-0.2, -0.15) is 0 Å². The van der Waals surface area contributed by atoms with Gasteiger partial charge in [0, 0.05) is 5.69 Å². The molecule has 0 aliphatic rings. The fraction of sp³-hybridized carbons (Fsp3) is 0.500. The van der Waals surface area contributed by atoms with Crippen LogP contribution < -0.4 is 5.32 Å². The molecule has 0 saturated carbocycles. The van der Waals surface area contributed by atoms with E-state index in [2.05, 4.69) is 5.32 Å². The molecule has 0 spiro atoms. The van der Waals surface area contributed by atoms with Gasteiger partial charge in [-0.1, -0.05) is 18.2 Å². The fourth-order valence-corrected chi connectivity index (χ4v) is 1.66. The molecule has 0 aliphatic heterocycles. The lowest BCUT2D eigenvalue weighted by Crippen LogP contribution is -2.37. The molecule has 1 aromatic carbocycles. The highest BCUT2D eigenvalue weighted by Gasteiger charge is 2.32. The van der Waals surface area contributed by atoms with Crippen LogP contribution in [0, 0.1) is 0 Å². The van der Waals surface area contributed by atoms with E-state index in [1.54, 1.807) is 19.9 Å². The third-order valence-corrected chi connectivity index (χ3v) is 3.00. The van der Waals surface area contributed by atoms with Crippen molar-refractivity contribution >= 4 is 11.7 Å². The lowest BCUT2D eigenvalue weighted by molar-refractivity contribution is -0.142. The molecule has 0 atom stereocenters. The Bertz CT molecular complexity index is 438. The summed E-state index contributed by atoms with van der Waals surface area (Å²) in [7, 11) is 0. The molecule has 0 aliphatic carbocycles. The Morgan fingerprint density at radius 3 is 2.28 bits per heavy atom. The van der Waals surface area contributed by atoms with Crippen LogP contribution in [0.1, 0.15) is 33.3 Å². The summed E-state index contributed by atoms with van der Waals surface area (Å²) in [6.07, 6.45) is 0. The Morgan fingerprint density at radius 2 is 1.78 bits per heavy atom. The van der Waals surface area contributed by atoms with Crippen LogP contribution in [0.25, 0.3) is 0 Å². The van der Waals surface area contributed by atoms with Crippen LogP contribution >= 0.6 is 0 Å². The van der Waals surface area contributed by atoms with E-state index in [1.165, 1.54) is 0 Å². The number of carboxylic acid groups (broad SMARTS) is 1. The first-order valence-corrected chi connectivity index (χ1v) is 5.92. The van der Waals surface area contributed by atoms with Gasteiger partial charge in [0.1, 0.15) is 0 Å². The number of anilines is 1. The Hall–Kier alpha value is -1.55. The second-order valence-corrected chi connectivity index (χ2v) is 5.64. The van der Waals surface area contributed by atoms with Crippen LogP contribution in [0.5, 0.6) is 0 Å². The van der Waals surface area contributed by atoms with Crippen LogP contribution in [0.3, 0.4) is 0 Å². The molecule has 18 heavy (non-hydrogen) atoms. The van der Waals surface area contributed by atoms with Gasteiger partial charge in [0.2, 0.25) is 0 Å². The van der Waals surface area contributed by atoms with Gasteiger partial charge in [0.25, 0.3) is 0 Å². The molecule has 100 valence electrons. The summed E-state index contributed by atoms with van der Waals surface area (Å²) < 4.78 is 0. The SMILES string of the molecule is CC(C)(CO)Nc1ccccc1C(C)(C)C(=O)O. The van der Waals surface area contributed by atoms with Crippen molar-refractivity contribution in [3.63, 3.8) is 0 Å². The maximum absolute atomic E-state index is 11.3. The Morgan fingerprint density at radius 1 is 1.22 bits per heavy atom. The smallest absolute Gasteiger partial charge is 0.313 e. The van der Waals surface area contributed by atoms with Crippen LogP contribution in [-0.2, 0) is 10.2 Å². The number of carboxylic acids is 1. The first-order valence-electron chi connectivity index (χ1n) is 5.92. The zero-order valence-electron chi connectivity index (χ0n) is 11.3. The normalized spacial score (nSPS) is 12.3. The summed E-state index contributed by atoms with van der Waals surface area (Å²) in [5.74, 6) is -0.876. The van der Waals surface area contributed by atoms with Crippen LogP contribution in [-0.4, -0.2) is 28.3 Å². The second-order valence-electron chi connectivity index (χ2n) is 5.64. The molecule has 0 fully saturated rings. The minimum atomic E-state index is -0.977. The molecular formula is C14H21NO3. The van der Waals surface area contributed by atoms with Gasteiger partial charge in [0.05, 0.1) is 17.6 Å². The molecule has 4 nitrogen and oxygen atoms in total. The minimum Gasteiger partial charge on any atom is -0.481 e. The van der Waals surface area contributed by atoms with Crippen molar-refractivity contribution in [3.05, 3.63) is 29.8 Å². The lowest BCUT2D eigenvalue weighted by atomic mass is 9.83. The first kappa shape index (κ1) is 14.5. The van der Waals surface area contributed by atoms with E-state index < -0.39 is 16.9 Å². The van der Waals surface area contributed by atoms with E-state index in [-0.39, 0.29) is 6.61 Å². The molecule has 0 unspecified atom stereocenters. The predicted molar refractivity (Wildman–Crippen MR) is 71.9 cm³/mol. The maximum Gasteiger partial charge on any atom is 0.313 e. The second kappa shape index (κ2) is 4.98. The minimum absolute atomic E-state index is 0.0329. The Balaban J connectivity index is 3.19. The van der Waals surface area contributed by atoms with E-state index >= 15 is 0 Å². The van der Waals surface area contributed by atoms with E-state index in [0.717, 1.165) is 5.69 Å². The number of hydrogen-bond donors (Lipinski definition) is 3. The summed E-state index contributed by atoms with van der Waals surface area (Å²) >= 11 is 0. The maximum atomic E-state index is 11.3. The predicted octanol–water partition coefficient (Wildman–Crippen LogP) is 2.23. The monoisotopic (exact) mass is 251 g/mol. The highest BCUT2D eigenvalue weighted by Crippen LogP contribution is 2.31. The third-order valence-electron chi connectivity index (χ3n) is 3.00. The average molecular weight is 251 g/mol. The number of hydrogen-bond acceptors (Lipinski definition) is 3. The number of aliphatic hydroxyl groups excluding tert-OH is 1. The number of aliphatic carboxylic acids is 1. The van der Waals surface area contributed by atoms with Crippen molar-refractivity contribution in [3.8, 4) is 0 Å². The quantitative estimate of drug-likeness (QED) is 0.750. The van der Waals surface area contributed by atoms with Gasteiger partial charge in [-0.25, -0.2) is 0 Å². The van der Waals surface area contributed by atoms with Crippen molar-refractivity contribution in [2.75, 3.05) is 11.9 Å². The molecule has 0 amide bonds. The molecule has 0 radical (unpaired) electrons. The third kappa shape index (κ3) is 3.01. The van der Waals surface area contributed by atoms with Crippen molar-refractivity contribution in [1.82, 2.24) is 0 Å². The summed E-state index contributed by atoms with van der Waals surface area (Å²) in [6, 6.07) is 7.29. The Kier molecular flexibility index (Phi) is 4.02.